The number of ether oxygens (including phenoxy) is 1. The van der Waals surface area contributed by atoms with Crippen LogP contribution in [0.2, 0.25) is 0 Å². The summed E-state index contributed by atoms with van der Waals surface area (Å²) in [6, 6.07) is 16.1. The van der Waals surface area contributed by atoms with E-state index >= 15 is 0 Å². The molecule has 0 unspecified atom stereocenters. The first-order valence-corrected chi connectivity index (χ1v) is 10.9. The number of nitrogens with zero attached hydrogens (tertiary/aromatic N) is 3. The van der Waals surface area contributed by atoms with Gasteiger partial charge < -0.3 is 14.7 Å². The number of fused-ring (bicyclic) bond motifs is 3. The van der Waals surface area contributed by atoms with Gasteiger partial charge in [-0.05, 0) is 29.2 Å². The zero-order chi connectivity index (χ0) is 24.0. The van der Waals surface area contributed by atoms with Crippen molar-refractivity contribution in [2.75, 3.05) is 25.0 Å². The summed E-state index contributed by atoms with van der Waals surface area (Å²) >= 11 is 0. The number of carbonyl (C=O) groups is 3. The van der Waals surface area contributed by atoms with Crippen molar-refractivity contribution < 1.29 is 24.2 Å². The Balaban J connectivity index is 1.27. The lowest BCUT2D eigenvalue weighted by molar-refractivity contribution is -0.155. The molecule has 9 heteroatoms. The van der Waals surface area contributed by atoms with Crippen LogP contribution >= 0.6 is 0 Å². The minimum Gasteiger partial charge on any atom is -0.481 e. The lowest BCUT2D eigenvalue weighted by Gasteiger charge is -2.44. The maximum Gasteiger partial charge on any atom is 0.412 e. The summed E-state index contributed by atoms with van der Waals surface area (Å²) in [6.45, 7) is 1.93. The first-order valence-electron chi connectivity index (χ1n) is 10.9. The highest BCUT2D eigenvalue weighted by Gasteiger charge is 2.48. The van der Waals surface area contributed by atoms with Gasteiger partial charge in [0.25, 0.3) is 5.91 Å². The van der Waals surface area contributed by atoms with Crippen molar-refractivity contribution in [3.63, 3.8) is 0 Å². The molecule has 34 heavy (non-hydrogen) atoms. The van der Waals surface area contributed by atoms with Crippen LogP contribution in [0.15, 0.2) is 54.7 Å². The van der Waals surface area contributed by atoms with Crippen molar-refractivity contribution >= 4 is 23.8 Å². The van der Waals surface area contributed by atoms with Crippen LogP contribution in [-0.4, -0.2) is 57.5 Å². The van der Waals surface area contributed by atoms with E-state index < -0.39 is 17.5 Å². The van der Waals surface area contributed by atoms with Crippen molar-refractivity contribution in [3.05, 3.63) is 71.4 Å². The van der Waals surface area contributed by atoms with Gasteiger partial charge >= 0.3 is 12.1 Å². The molecule has 9 nitrogen and oxygen atoms in total. The Morgan fingerprint density at radius 2 is 1.68 bits per heavy atom. The largest absolute Gasteiger partial charge is 0.481 e. The Morgan fingerprint density at radius 1 is 1.09 bits per heavy atom. The summed E-state index contributed by atoms with van der Waals surface area (Å²) < 4.78 is 6.95. The number of benzene rings is 2. The second kappa shape index (κ2) is 8.02. The monoisotopic (exact) mass is 460 g/mol. The van der Waals surface area contributed by atoms with Crippen molar-refractivity contribution in [1.29, 1.82) is 0 Å². The molecule has 2 aliphatic rings. The number of aliphatic carboxylic acids is 1. The number of likely N-dealkylation sites (tertiary alicyclic amines) is 1. The number of rotatable bonds is 5. The maximum absolute atomic E-state index is 12.9. The maximum atomic E-state index is 12.9. The number of aromatic nitrogens is 2. The summed E-state index contributed by atoms with van der Waals surface area (Å²) in [6.07, 6.45) is 0.663. The van der Waals surface area contributed by atoms with Gasteiger partial charge in [0.2, 0.25) is 0 Å². The van der Waals surface area contributed by atoms with Gasteiger partial charge in [-0.25, -0.2) is 4.79 Å². The van der Waals surface area contributed by atoms with E-state index in [1.54, 1.807) is 14.0 Å². The van der Waals surface area contributed by atoms with Crippen molar-refractivity contribution in [2.45, 2.75) is 12.8 Å². The fourth-order valence-corrected chi connectivity index (χ4v) is 4.72. The Morgan fingerprint density at radius 3 is 2.26 bits per heavy atom. The van der Waals surface area contributed by atoms with Crippen molar-refractivity contribution in [3.8, 4) is 11.1 Å². The minimum atomic E-state index is -0.960. The van der Waals surface area contributed by atoms with E-state index in [0.717, 1.165) is 22.3 Å². The number of carbonyl (C=O) groups excluding carboxylic acids is 2. The fourth-order valence-electron chi connectivity index (χ4n) is 4.72. The molecule has 0 bridgehead atoms. The SMILES string of the molecule is Cn1ncc(C(=O)N2CC(C)(C(=O)O)C2)c1NC(=O)OCC1c2ccccc2-c2ccccc21. The molecule has 0 atom stereocenters. The molecule has 174 valence electrons. The van der Waals surface area contributed by atoms with Gasteiger partial charge in [0.15, 0.2) is 0 Å². The fraction of sp³-hybridized carbons (Fsp3) is 0.280. The number of hydrogen-bond donors (Lipinski definition) is 2. The quantitative estimate of drug-likeness (QED) is 0.604. The molecule has 1 saturated heterocycles. The molecule has 3 aromatic rings. The number of nitrogens with one attached hydrogen (secondary N) is 1. The minimum absolute atomic E-state index is 0.0828. The number of anilines is 1. The average Bonchev–Trinajstić information content (AvgIpc) is 3.32. The average molecular weight is 460 g/mol. The van der Waals surface area contributed by atoms with E-state index in [1.807, 2.05) is 36.4 Å². The molecule has 1 aliphatic carbocycles. The van der Waals surface area contributed by atoms with Gasteiger partial charge in [-0.2, -0.15) is 5.10 Å². The van der Waals surface area contributed by atoms with Gasteiger partial charge in [-0.1, -0.05) is 48.5 Å². The summed E-state index contributed by atoms with van der Waals surface area (Å²) in [5.74, 6) is -1.22. The Hall–Kier alpha value is -4.14. The first kappa shape index (κ1) is 21.7. The molecular formula is C25H24N4O5. The van der Waals surface area contributed by atoms with E-state index in [9.17, 15) is 19.5 Å². The van der Waals surface area contributed by atoms with E-state index in [-0.39, 0.29) is 42.9 Å². The van der Waals surface area contributed by atoms with Crippen LogP contribution in [0, 0.1) is 5.41 Å². The van der Waals surface area contributed by atoms with E-state index in [1.165, 1.54) is 15.8 Å². The predicted molar refractivity (Wildman–Crippen MR) is 124 cm³/mol. The number of hydrogen-bond acceptors (Lipinski definition) is 5. The number of amides is 2. The molecule has 0 spiro atoms. The lowest BCUT2D eigenvalue weighted by Crippen LogP contribution is -2.60. The molecule has 2 aromatic carbocycles. The molecule has 5 rings (SSSR count). The number of aryl methyl sites for hydroxylation is 1. The van der Waals surface area contributed by atoms with Crippen LogP contribution in [0.25, 0.3) is 11.1 Å². The second-order valence-electron chi connectivity index (χ2n) is 9.01. The Bertz CT molecular complexity index is 1260. The van der Waals surface area contributed by atoms with Crippen LogP contribution in [0.1, 0.15) is 34.3 Å². The van der Waals surface area contributed by atoms with E-state index in [2.05, 4.69) is 22.5 Å². The van der Waals surface area contributed by atoms with Crippen LogP contribution < -0.4 is 5.32 Å². The first-order chi connectivity index (χ1) is 16.3. The normalized spacial score (nSPS) is 15.8. The van der Waals surface area contributed by atoms with Gasteiger partial charge in [0.05, 0.1) is 6.20 Å². The number of carboxylic acids is 1. The van der Waals surface area contributed by atoms with Gasteiger partial charge in [0, 0.05) is 26.1 Å². The third-order valence-electron chi connectivity index (χ3n) is 6.62. The van der Waals surface area contributed by atoms with Crippen molar-refractivity contribution in [1.82, 2.24) is 14.7 Å². The van der Waals surface area contributed by atoms with E-state index in [4.69, 9.17) is 4.74 Å². The molecule has 0 radical (unpaired) electrons. The summed E-state index contributed by atoms with van der Waals surface area (Å²) in [4.78, 5) is 38.3. The van der Waals surface area contributed by atoms with Gasteiger partial charge in [-0.3, -0.25) is 19.6 Å². The van der Waals surface area contributed by atoms with Crippen LogP contribution in [0.4, 0.5) is 10.6 Å². The van der Waals surface area contributed by atoms with Crippen LogP contribution in [0.5, 0.6) is 0 Å². The summed E-state index contributed by atoms with van der Waals surface area (Å²) in [7, 11) is 1.60. The molecular weight excluding hydrogens is 436 g/mol. The van der Waals surface area contributed by atoms with Gasteiger partial charge in [-0.15, -0.1) is 0 Å². The third-order valence-corrected chi connectivity index (χ3v) is 6.62. The molecule has 1 fully saturated rings. The molecule has 0 saturated carbocycles. The number of carboxylic acid groups (broad SMARTS) is 1. The van der Waals surface area contributed by atoms with Gasteiger partial charge in [0.1, 0.15) is 23.4 Å². The molecule has 2 amide bonds. The second-order valence-corrected chi connectivity index (χ2v) is 9.01. The Kier molecular flexibility index (Phi) is 5.11. The predicted octanol–water partition coefficient (Wildman–Crippen LogP) is 3.33. The lowest BCUT2D eigenvalue weighted by atomic mass is 9.82. The highest BCUT2D eigenvalue weighted by Crippen LogP contribution is 2.44. The smallest absolute Gasteiger partial charge is 0.412 e. The zero-order valence-electron chi connectivity index (χ0n) is 18.8. The van der Waals surface area contributed by atoms with Crippen LogP contribution in [-0.2, 0) is 16.6 Å². The Labute approximate surface area is 195 Å². The van der Waals surface area contributed by atoms with Crippen LogP contribution in [0.3, 0.4) is 0 Å². The summed E-state index contributed by atoms with van der Waals surface area (Å²) in [5, 5.41) is 16.0. The molecule has 1 aliphatic heterocycles. The summed E-state index contributed by atoms with van der Waals surface area (Å²) in [5.41, 5.74) is 3.70. The zero-order valence-corrected chi connectivity index (χ0v) is 18.8. The van der Waals surface area contributed by atoms with E-state index in [0.29, 0.717) is 0 Å². The molecule has 1 aromatic heterocycles. The molecule has 2 N–H and O–H groups in total. The highest BCUT2D eigenvalue weighted by molar-refractivity contribution is 6.02. The van der Waals surface area contributed by atoms with Crippen molar-refractivity contribution in [2.24, 2.45) is 12.5 Å². The standard InChI is InChI=1S/C25H24N4O5/c1-25(23(31)32)13-29(14-25)22(30)19-11-26-28(2)21(19)27-24(33)34-12-20-17-9-5-3-7-15(17)16-8-4-6-10-18(16)20/h3-11,20H,12-14H2,1-2H3,(H,27,33)(H,31,32). The molecule has 2 heterocycles. The topological polar surface area (TPSA) is 114 Å². The highest BCUT2D eigenvalue weighted by atomic mass is 16.5. The third kappa shape index (κ3) is 3.49.